The van der Waals surface area contributed by atoms with E-state index < -0.39 is 8.63 Å². The Kier molecular flexibility index (Phi) is 5.05. The van der Waals surface area contributed by atoms with E-state index in [9.17, 15) is 0 Å². The smallest absolute Gasteiger partial charge is 0.105 e. The fraction of sp³-hybridized carbons (Fsp3) is 1.00. The van der Waals surface area contributed by atoms with Gasteiger partial charge in [-0.3, -0.25) is 0 Å². The van der Waals surface area contributed by atoms with Crippen LogP contribution in [0.2, 0.25) is 0 Å². The Bertz CT molecular complexity index is 73.5. The van der Waals surface area contributed by atoms with Gasteiger partial charge in [0.2, 0.25) is 0 Å². The zero-order valence-corrected chi connectivity index (χ0v) is 8.16. The van der Waals surface area contributed by atoms with Crippen molar-refractivity contribution in [1.82, 2.24) is 0 Å². The molecule has 0 aliphatic carbocycles. The molecule has 0 aromatic carbocycles. The molecule has 56 valence electrons. The lowest BCUT2D eigenvalue weighted by molar-refractivity contribution is 0.802. The lowest BCUT2D eigenvalue weighted by Gasteiger charge is -2.09. The van der Waals surface area contributed by atoms with E-state index in [0.29, 0.717) is 12.8 Å². The van der Waals surface area contributed by atoms with Crippen molar-refractivity contribution in [3.8, 4) is 0 Å². The minimum Gasteiger partial charge on any atom is -0.105 e. The van der Waals surface area contributed by atoms with Crippen molar-refractivity contribution in [1.29, 1.82) is 0 Å². The quantitative estimate of drug-likeness (QED) is 0.630. The van der Waals surface area contributed by atoms with Gasteiger partial charge in [0.1, 0.15) is 4.84 Å². The molecule has 9 heavy (non-hydrogen) atoms. The largest absolute Gasteiger partial charge is 0.190 e. The normalized spacial score (nSPS) is 12.7. The maximum Gasteiger partial charge on any atom is 0.190 e. The Balaban J connectivity index is 3.28. The Morgan fingerprint density at radius 2 is 1.56 bits per heavy atom. The zero-order valence-electron chi connectivity index (χ0n) is 4.38. The molecule has 0 heterocycles. The Labute approximate surface area is 79.4 Å². The molecule has 0 aliphatic rings. The maximum atomic E-state index is 5.39. The summed E-state index contributed by atoms with van der Waals surface area (Å²) in [6, 6.07) is 0. The van der Waals surface area contributed by atoms with Crippen LogP contribution in [0.5, 0.6) is 0 Å². The van der Waals surface area contributed by atoms with Gasteiger partial charge in [-0.15, -0.1) is 23.2 Å². The van der Waals surface area contributed by atoms with E-state index in [2.05, 4.69) is 0 Å². The second-order valence-corrected chi connectivity index (χ2v) is 5.34. The van der Waals surface area contributed by atoms with Crippen molar-refractivity contribution in [3.63, 3.8) is 0 Å². The molecule has 0 spiro atoms. The molecule has 0 aromatic rings. The highest BCUT2D eigenvalue weighted by atomic mass is 35.6. The first kappa shape index (κ1) is 10.4. The highest BCUT2D eigenvalue weighted by Crippen LogP contribution is 2.32. The molecular formula is C4H5Cl5. The molecule has 0 unspecified atom stereocenters. The fourth-order valence-corrected chi connectivity index (χ4v) is 0.818. The van der Waals surface area contributed by atoms with Gasteiger partial charge in [-0.05, 0) is 12.8 Å². The third kappa shape index (κ3) is 9.45. The standard InChI is InChI=1S/C4H5Cl5/c5-3(6)1-2-4(7,8)9/h3H,1-2H2. The van der Waals surface area contributed by atoms with Gasteiger partial charge in [0.15, 0.2) is 3.79 Å². The molecule has 0 atom stereocenters. The van der Waals surface area contributed by atoms with Crippen molar-refractivity contribution in [2.24, 2.45) is 0 Å². The van der Waals surface area contributed by atoms with Crippen LogP contribution < -0.4 is 0 Å². The zero-order chi connectivity index (χ0) is 7.49. The summed E-state index contributed by atoms with van der Waals surface area (Å²) in [6.07, 6.45) is 0.884. The Morgan fingerprint density at radius 3 is 1.67 bits per heavy atom. The first-order valence-electron chi connectivity index (χ1n) is 2.27. The predicted octanol–water partition coefficient (Wildman–Crippen LogP) is 3.94. The first-order chi connectivity index (χ1) is 3.92. The molecule has 0 radical (unpaired) electrons. The molecule has 0 aliphatic heterocycles. The number of halogens is 5. The molecule has 0 nitrogen and oxygen atoms in total. The second-order valence-electron chi connectivity index (χ2n) is 1.54. The lowest BCUT2D eigenvalue weighted by atomic mass is 10.4. The van der Waals surface area contributed by atoms with Gasteiger partial charge in [-0.1, -0.05) is 34.8 Å². The van der Waals surface area contributed by atoms with Gasteiger partial charge in [0.05, 0.1) is 0 Å². The third-order valence-corrected chi connectivity index (χ3v) is 1.65. The molecule has 0 bridgehead atoms. The van der Waals surface area contributed by atoms with Crippen molar-refractivity contribution in [2.75, 3.05) is 0 Å². The first-order valence-corrected chi connectivity index (χ1v) is 4.27. The van der Waals surface area contributed by atoms with E-state index in [-0.39, 0.29) is 0 Å². The van der Waals surface area contributed by atoms with Crippen LogP contribution >= 0.6 is 58.0 Å². The van der Waals surface area contributed by atoms with Gasteiger partial charge in [0.25, 0.3) is 0 Å². The molecular weight excluding hydrogens is 225 g/mol. The minimum absolute atomic E-state index is 0.384. The summed E-state index contributed by atoms with van der Waals surface area (Å²) in [7, 11) is 0. The summed E-state index contributed by atoms with van der Waals surface area (Å²) in [5, 5.41) is 0. The molecule has 0 N–H and O–H groups in total. The van der Waals surface area contributed by atoms with Crippen molar-refractivity contribution in [3.05, 3.63) is 0 Å². The summed E-state index contributed by atoms with van der Waals surface area (Å²) in [5.41, 5.74) is 0. The van der Waals surface area contributed by atoms with E-state index in [1.54, 1.807) is 0 Å². The average molecular weight is 230 g/mol. The summed E-state index contributed by atoms with van der Waals surface area (Å²) in [6.45, 7) is 0. The Morgan fingerprint density at radius 1 is 1.11 bits per heavy atom. The SMILES string of the molecule is ClC(Cl)CCC(Cl)(Cl)Cl. The average Bonchev–Trinajstić information content (AvgIpc) is 1.59. The van der Waals surface area contributed by atoms with Gasteiger partial charge in [0, 0.05) is 0 Å². The third-order valence-electron chi connectivity index (χ3n) is 0.646. The van der Waals surface area contributed by atoms with Crippen LogP contribution in [0.25, 0.3) is 0 Å². The van der Waals surface area contributed by atoms with Crippen LogP contribution in [-0.4, -0.2) is 8.63 Å². The molecule has 0 amide bonds. The van der Waals surface area contributed by atoms with E-state index in [1.165, 1.54) is 0 Å². The van der Waals surface area contributed by atoms with Crippen LogP contribution in [0.3, 0.4) is 0 Å². The number of hydrogen-bond acceptors (Lipinski definition) is 0. The summed E-state index contributed by atoms with van der Waals surface area (Å²) in [5.74, 6) is 0. The van der Waals surface area contributed by atoms with Gasteiger partial charge >= 0.3 is 0 Å². The van der Waals surface area contributed by atoms with Gasteiger partial charge in [-0.2, -0.15) is 0 Å². The summed E-state index contributed by atoms with van der Waals surface area (Å²) in [4.78, 5) is -0.444. The van der Waals surface area contributed by atoms with Crippen molar-refractivity contribution < 1.29 is 0 Å². The number of hydrogen-bond donors (Lipinski definition) is 0. The number of rotatable bonds is 2. The molecule has 0 aromatic heterocycles. The molecule has 0 saturated heterocycles. The predicted molar refractivity (Wildman–Crippen MR) is 45.0 cm³/mol. The van der Waals surface area contributed by atoms with Crippen LogP contribution in [0.4, 0.5) is 0 Å². The fourth-order valence-electron chi connectivity index (χ4n) is 0.273. The number of alkyl halides is 5. The van der Waals surface area contributed by atoms with E-state index >= 15 is 0 Å². The van der Waals surface area contributed by atoms with E-state index in [1.807, 2.05) is 0 Å². The summed E-state index contributed by atoms with van der Waals surface area (Å²) >= 11 is 26.9. The highest BCUT2D eigenvalue weighted by molar-refractivity contribution is 6.67. The monoisotopic (exact) mass is 228 g/mol. The molecule has 0 saturated carbocycles. The molecule has 0 rings (SSSR count). The van der Waals surface area contributed by atoms with Crippen LogP contribution in [0.1, 0.15) is 12.8 Å². The van der Waals surface area contributed by atoms with E-state index in [0.717, 1.165) is 0 Å². The topological polar surface area (TPSA) is 0 Å². The maximum absolute atomic E-state index is 5.39. The molecule has 5 heteroatoms. The highest BCUT2D eigenvalue weighted by Gasteiger charge is 2.19. The lowest BCUT2D eigenvalue weighted by Crippen LogP contribution is -2.03. The Hall–Kier alpha value is 1.45. The van der Waals surface area contributed by atoms with Crippen LogP contribution in [0.15, 0.2) is 0 Å². The van der Waals surface area contributed by atoms with E-state index in [4.69, 9.17) is 58.0 Å². The van der Waals surface area contributed by atoms with Crippen LogP contribution in [-0.2, 0) is 0 Å². The summed E-state index contributed by atoms with van der Waals surface area (Å²) < 4.78 is -1.22. The van der Waals surface area contributed by atoms with Crippen LogP contribution in [0, 0.1) is 0 Å². The van der Waals surface area contributed by atoms with Crippen molar-refractivity contribution in [2.45, 2.75) is 21.5 Å². The molecule has 0 fully saturated rings. The second kappa shape index (κ2) is 4.35. The van der Waals surface area contributed by atoms with Gasteiger partial charge in [-0.25, -0.2) is 0 Å². The minimum atomic E-state index is -1.22. The van der Waals surface area contributed by atoms with Crippen molar-refractivity contribution >= 4 is 58.0 Å². The van der Waals surface area contributed by atoms with Gasteiger partial charge < -0.3 is 0 Å².